The molecule has 1 aliphatic heterocycles. The van der Waals surface area contributed by atoms with Crippen molar-refractivity contribution in [1.82, 2.24) is 10.2 Å². The summed E-state index contributed by atoms with van der Waals surface area (Å²) in [7, 11) is 0. The van der Waals surface area contributed by atoms with Gasteiger partial charge < -0.3 is 10.2 Å². The van der Waals surface area contributed by atoms with Gasteiger partial charge in [-0.3, -0.25) is 4.79 Å². The van der Waals surface area contributed by atoms with Gasteiger partial charge in [0, 0.05) is 13.1 Å². The lowest BCUT2D eigenvalue weighted by Gasteiger charge is -2.31. The van der Waals surface area contributed by atoms with Crippen molar-refractivity contribution >= 4 is 29.0 Å². The highest BCUT2D eigenvalue weighted by molar-refractivity contribution is 6.34. The van der Waals surface area contributed by atoms with Crippen molar-refractivity contribution in [2.45, 2.75) is 33.6 Å². The predicted molar refractivity (Wildman–Crippen MR) is 102 cm³/mol. The van der Waals surface area contributed by atoms with E-state index in [0.717, 1.165) is 36.5 Å². The zero-order valence-electron chi connectivity index (χ0n) is 14.8. The molecule has 5 nitrogen and oxygen atoms in total. The Morgan fingerprint density at radius 3 is 2.72 bits per heavy atom. The first kappa shape index (κ1) is 17.7. The van der Waals surface area contributed by atoms with Gasteiger partial charge in [0.2, 0.25) is 0 Å². The number of aromatic nitrogens is 2. The Labute approximate surface area is 153 Å². The molecule has 25 heavy (non-hydrogen) atoms. The van der Waals surface area contributed by atoms with E-state index in [-0.39, 0.29) is 11.6 Å². The van der Waals surface area contributed by atoms with Crippen LogP contribution in [-0.2, 0) is 0 Å². The summed E-state index contributed by atoms with van der Waals surface area (Å²) in [6.07, 6.45) is 2.41. The molecular formula is C19H23ClN4O. The standard InChI is InChI=1S/C19H23ClN4O/c1-12-5-4-8-24(11-12)17-7-6-16(22-23-17)19(25)21-18-14(3)9-13(2)10-15(18)20/h6-7,9-10,12H,4-5,8,11H2,1-3H3,(H,21,25). The summed E-state index contributed by atoms with van der Waals surface area (Å²) in [5.74, 6) is 1.18. The van der Waals surface area contributed by atoms with Crippen molar-refractivity contribution in [3.8, 4) is 0 Å². The predicted octanol–water partition coefficient (Wildman–Crippen LogP) is 4.24. The fraction of sp³-hybridized carbons (Fsp3) is 0.421. The summed E-state index contributed by atoms with van der Waals surface area (Å²) in [4.78, 5) is 14.7. The summed E-state index contributed by atoms with van der Waals surface area (Å²) in [5, 5.41) is 11.7. The van der Waals surface area contributed by atoms with Gasteiger partial charge in [0.25, 0.3) is 5.91 Å². The smallest absolute Gasteiger partial charge is 0.276 e. The van der Waals surface area contributed by atoms with E-state index in [1.165, 1.54) is 6.42 Å². The van der Waals surface area contributed by atoms with Crippen LogP contribution in [0.5, 0.6) is 0 Å². The lowest BCUT2D eigenvalue weighted by molar-refractivity contribution is 0.102. The number of hydrogen-bond acceptors (Lipinski definition) is 4. The summed E-state index contributed by atoms with van der Waals surface area (Å²) < 4.78 is 0. The normalized spacial score (nSPS) is 17.4. The maximum atomic E-state index is 12.5. The monoisotopic (exact) mass is 358 g/mol. The average Bonchev–Trinajstić information content (AvgIpc) is 2.58. The zero-order valence-corrected chi connectivity index (χ0v) is 15.6. The number of rotatable bonds is 3. The third kappa shape index (κ3) is 4.10. The maximum absolute atomic E-state index is 12.5. The molecular weight excluding hydrogens is 336 g/mol. The second kappa shape index (κ2) is 7.40. The molecule has 1 unspecified atom stereocenters. The minimum Gasteiger partial charge on any atom is -0.355 e. The first-order chi connectivity index (χ1) is 11.9. The van der Waals surface area contributed by atoms with Gasteiger partial charge in [0.1, 0.15) is 0 Å². The minimum absolute atomic E-state index is 0.282. The van der Waals surface area contributed by atoms with E-state index in [0.29, 0.717) is 16.6 Å². The van der Waals surface area contributed by atoms with Crippen LogP contribution in [-0.4, -0.2) is 29.2 Å². The van der Waals surface area contributed by atoms with Crippen molar-refractivity contribution in [1.29, 1.82) is 0 Å². The van der Waals surface area contributed by atoms with E-state index >= 15 is 0 Å². The number of amides is 1. The molecule has 1 amide bonds. The maximum Gasteiger partial charge on any atom is 0.276 e. The number of nitrogens with zero attached hydrogens (tertiary/aromatic N) is 3. The number of halogens is 1. The molecule has 0 aliphatic carbocycles. The van der Waals surface area contributed by atoms with Crippen molar-refractivity contribution in [3.63, 3.8) is 0 Å². The first-order valence-corrected chi connectivity index (χ1v) is 8.98. The van der Waals surface area contributed by atoms with E-state index in [1.807, 2.05) is 32.0 Å². The van der Waals surface area contributed by atoms with Gasteiger partial charge in [-0.2, -0.15) is 0 Å². The molecule has 2 heterocycles. The van der Waals surface area contributed by atoms with Crippen LogP contribution in [0.1, 0.15) is 41.4 Å². The molecule has 1 atom stereocenters. The number of piperidine rings is 1. The fourth-order valence-corrected chi connectivity index (χ4v) is 3.63. The highest BCUT2D eigenvalue weighted by atomic mass is 35.5. The van der Waals surface area contributed by atoms with Crippen LogP contribution in [0.15, 0.2) is 24.3 Å². The van der Waals surface area contributed by atoms with Crippen LogP contribution < -0.4 is 10.2 Å². The topological polar surface area (TPSA) is 58.1 Å². The van der Waals surface area contributed by atoms with Crippen molar-refractivity contribution in [2.75, 3.05) is 23.3 Å². The molecule has 0 spiro atoms. The Morgan fingerprint density at radius 2 is 2.08 bits per heavy atom. The van der Waals surface area contributed by atoms with Crippen LogP contribution in [0.25, 0.3) is 0 Å². The molecule has 0 saturated carbocycles. The number of aryl methyl sites for hydroxylation is 2. The Morgan fingerprint density at radius 1 is 1.28 bits per heavy atom. The first-order valence-electron chi connectivity index (χ1n) is 8.61. The summed E-state index contributed by atoms with van der Waals surface area (Å²) in [6.45, 7) is 8.10. The molecule has 3 rings (SSSR count). The van der Waals surface area contributed by atoms with E-state index in [1.54, 1.807) is 6.07 Å². The molecule has 1 aromatic heterocycles. The molecule has 0 radical (unpaired) electrons. The summed E-state index contributed by atoms with van der Waals surface area (Å²) in [5.41, 5.74) is 2.88. The van der Waals surface area contributed by atoms with Gasteiger partial charge in [-0.25, -0.2) is 0 Å². The summed E-state index contributed by atoms with van der Waals surface area (Å²) >= 11 is 6.25. The largest absolute Gasteiger partial charge is 0.355 e. The zero-order chi connectivity index (χ0) is 18.0. The number of carbonyl (C=O) groups excluding carboxylic acids is 1. The van der Waals surface area contributed by atoms with Gasteiger partial charge in [0.15, 0.2) is 11.5 Å². The van der Waals surface area contributed by atoms with Gasteiger partial charge in [-0.15, -0.1) is 10.2 Å². The number of carbonyl (C=O) groups is 1. The molecule has 2 aromatic rings. The second-order valence-corrected chi connectivity index (χ2v) is 7.27. The molecule has 0 bridgehead atoms. The number of anilines is 2. The molecule has 1 saturated heterocycles. The van der Waals surface area contributed by atoms with Crippen LogP contribution >= 0.6 is 11.6 Å². The Balaban J connectivity index is 1.73. The van der Waals surface area contributed by atoms with E-state index < -0.39 is 0 Å². The molecule has 1 aromatic carbocycles. The third-order valence-corrected chi connectivity index (χ3v) is 4.83. The quantitative estimate of drug-likeness (QED) is 0.891. The van der Waals surface area contributed by atoms with E-state index in [2.05, 4.69) is 27.3 Å². The third-order valence-electron chi connectivity index (χ3n) is 4.53. The fourth-order valence-electron chi connectivity index (χ4n) is 3.26. The molecule has 132 valence electrons. The Kier molecular flexibility index (Phi) is 5.23. The van der Waals surface area contributed by atoms with Gasteiger partial charge in [0.05, 0.1) is 10.7 Å². The highest BCUT2D eigenvalue weighted by Crippen LogP contribution is 2.28. The minimum atomic E-state index is -0.306. The van der Waals surface area contributed by atoms with Crippen molar-refractivity contribution < 1.29 is 4.79 Å². The number of benzene rings is 1. The second-order valence-electron chi connectivity index (χ2n) is 6.86. The van der Waals surface area contributed by atoms with Crippen LogP contribution in [0.2, 0.25) is 5.02 Å². The molecule has 1 N–H and O–H groups in total. The number of hydrogen-bond donors (Lipinski definition) is 1. The Hall–Kier alpha value is -2.14. The average molecular weight is 359 g/mol. The lowest BCUT2D eigenvalue weighted by Crippen LogP contribution is -2.35. The van der Waals surface area contributed by atoms with Gasteiger partial charge in [-0.1, -0.05) is 24.6 Å². The SMILES string of the molecule is Cc1cc(C)c(NC(=O)c2ccc(N3CCCC(C)C3)nn2)c(Cl)c1. The summed E-state index contributed by atoms with van der Waals surface area (Å²) in [6, 6.07) is 7.39. The Bertz CT molecular complexity index is 752. The van der Waals surface area contributed by atoms with E-state index in [9.17, 15) is 4.79 Å². The van der Waals surface area contributed by atoms with E-state index in [4.69, 9.17) is 11.6 Å². The van der Waals surface area contributed by atoms with Gasteiger partial charge in [-0.05, 0) is 61.9 Å². The highest BCUT2D eigenvalue weighted by Gasteiger charge is 2.19. The van der Waals surface area contributed by atoms with Crippen LogP contribution in [0.3, 0.4) is 0 Å². The molecule has 1 aliphatic rings. The lowest BCUT2D eigenvalue weighted by atomic mass is 10.0. The van der Waals surface area contributed by atoms with Crippen molar-refractivity contribution in [3.05, 3.63) is 46.1 Å². The van der Waals surface area contributed by atoms with Crippen LogP contribution in [0, 0.1) is 19.8 Å². The van der Waals surface area contributed by atoms with Crippen LogP contribution in [0.4, 0.5) is 11.5 Å². The molecule has 1 fully saturated rings. The van der Waals surface area contributed by atoms with Gasteiger partial charge >= 0.3 is 0 Å². The molecule has 6 heteroatoms. The number of nitrogens with one attached hydrogen (secondary N) is 1. The van der Waals surface area contributed by atoms with Crippen molar-refractivity contribution in [2.24, 2.45) is 5.92 Å².